The summed E-state index contributed by atoms with van der Waals surface area (Å²) in [5.41, 5.74) is 0.759. The van der Waals surface area contributed by atoms with Gasteiger partial charge in [-0.05, 0) is 38.3 Å². The van der Waals surface area contributed by atoms with Crippen molar-refractivity contribution in [3.8, 4) is 0 Å². The quantitative estimate of drug-likeness (QED) is 0.832. The van der Waals surface area contributed by atoms with Gasteiger partial charge in [-0.2, -0.15) is 0 Å². The molecule has 1 aromatic rings. The third kappa shape index (κ3) is 3.39. The zero-order valence-electron chi connectivity index (χ0n) is 11.2. The minimum Gasteiger partial charge on any atom is -0.388 e. The highest BCUT2D eigenvalue weighted by atomic mass is 35.5. The first-order valence-corrected chi connectivity index (χ1v) is 6.80. The second kappa shape index (κ2) is 5.39. The van der Waals surface area contributed by atoms with E-state index in [1.54, 1.807) is 17.9 Å². The van der Waals surface area contributed by atoms with E-state index < -0.39 is 5.60 Å². The second-order valence-electron chi connectivity index (χ2n) is 5.38. The Balaban J connectivity index is 2.09. The van der Waals surface area contributed by atoms with E-state index in [1.165, 1.54) is 0 Å². The Labute approximate surface area is 118 Å². The number of likely N-dealkylation sites (tertiary alicyclic amines) is 1. The van der Waals surface area contributed by atoms with Gasteiger partial charge in [0.05, 0.1) is 22.9 Å². The summed E-state index contributed by atoms with van der Waals surface area (Å²) in [6.45, 7) is 4.66. The van der Waals surface area contributed by atoms with E-state index in [-0.39, 0.29) is 6.03 Å². The summed E-state index contributed by atoms with van der Waals surface area (Å²) in [5, 5.41) is 13.4. The van der Waals surface area contributed by atoms with Crippen LogP contribution in [0, 0.1) is 6.92 Å². The molecule has 1 atom stereocenters. The Hall–Kier alpha value is -1.26. The Morgan fingerprint density at radius 1 is 1.53 bits per heavy atom. The maximum atomic E-state index is 12.2. The predicted molar refractivity (Wildman–Crippen MR) is 76.6 cm³/mol. The van der Waals surface area contributed by atoms with Gasteiger partial charge in [-0.3, -0.25) is 0 Å². The molecular formula is C14H19ClN2O2. The zero-order chi connectivity index (χ0) is 14.0. The minimum atomic E-state index is -0.800. The van der Waals surface area contributed by atoms with Gasteiger partial charge in [0.1, 0.15) is 0 Å². The minimum absolute atomic E-state index is 0.212. The number of nitrogens with one attached hydrogen (secondary N) is 1. The third-order valence-corrected chi connectivity index (χ3v) is 3.73. The number of halogens is 1. The van der Waals surface area contributed by atoms with Crippen LogP contribution < -0.4 is 5.32 Å². The first-order valence-electron chi connectivity index (χ1n) is 6.42. The number of carbonyl (C=O) groups excluding carboxylic acids is 1. The Bertz CT molecular complexity index is 468. The lowest BCUT2D eigenvalue weighted by molar-refractivity contribution is -0.000634. The number of piperidine rings is 1. The lowest BCUT2D eigenvalue weighted by Crippen LogP contribution is -2.50. The fourth-order valence-corrected chi connectivity index (χ4v) is 2.64. The van der Waals surface area contributed by atoms with Crippen LogP contribution in [0.2, 0.25) is 5.02 Å². The first kappa shape index (κ1) is 14.2. The number of aryl methyl sites for hydroxylation is 1. The number of hydrogen-bond donors (Lipinski definition) is 2. The van der Waals surface area contributed by atoms with E-state index in [0.29, 0.717) is 23.8 Å². The van der Waals surface area contributed by atoms with Crippen LogP contribution in [0.5, 0.6) is 0 Å². The molecule has 1 saturated heterocycles. The summed E-state index contributed by atoms with van der Waals surface area (Å²) >= 11 is 6.09. The molecule has 0 spiro atoms. The number of nitrogens with zero attached hydrogens (tertiary/aromatic N) is 1. The molecule has 5 heteroatoms. The number of para-hydroxylation sites is 1. The SMILES string of the molecule is Cc1cccc(Cl)c1NC(=O)N1CCCC(C)(O)C1. The standard InChI is InChI=1S/C14H19ClN2O2/c1-10-5-3-6-11(15)12(10)16-13(18)17-8-4-7-14(2,19)9-17/h3,5-6,19H,4,7-9H2,1-2H3,(H,16,18). The number of anilines is 1. The van der Waals surface area contributed by atoms with E-state index in [1.807, 2.05) is 19.1 Å². The summed E-state index contributed by atoms with van der Waals surface area (Å²) in [4.78, 5) is 13.8. The van der Waals surface area contributed by atoms with Crippen molar-refractivity contribution < 1.29 is 9.90 Å². The molecule has 0 aliphatic carbocycles. The van der Waals surface area contributed by atoms with Crippen molar-refractivity contribution in [1.29, 1.82) is 0 Å². The number of hydrogen-bond acceptors (Lipinski definition) is 2. The molecule has 1 fully saturated rings. The van der Waals surface area contributed by atoms with Crippen molar-refractivity contribution >= 4 is 23.3 Å². The van der Waals surface area contributed by atoms with Crippen LogP contribution in [0.25, 0.3) is 0 Å². The molecule has 104 valence electrons. The van der Waals surface area contributed by atoms with Crippen LogP contribution in [-0.4, -0.2) is 34.7 Å². The topological polar surface area (TPSA) is 52.6 Å². The van der Waals surface area contributed by atoms with Crippen molar-refractivity contribution in [2.45, 2.75) is 32.3 Å². The van der Waals surface area contributed by atoms with Gasteiger partial charge in [0.2, 0.25) is 0 Å². The molecule has 2 amide bonds. The fourth-order valence-electron chi connectivity index (χ4n) is 2.37. The molecule has 1 heterocycles. The van der Waals surface area contributed by atoms with E-state index in [0.717, 1.165) is 18.4 Å². The van der Waals surface area contributed by atoms with Gasteiger partial charge in [-0.25, -0.2) is 4.79 Å². The smallest absolute Gasteiger partial charge is 0.321 e. The second-order valence-corrected chi connectivity index (χ2v) is 5.79. The molecule has 19 heavy (non-hydrogen) atoms. The molecule has 1 aromatic carbocycles. The number of amides is 2. The van der Waals surface area contributed by atoms with Crippen molar-refractivity contribution in [2.24, 2.45) is 0 Å². The highest BCUT2D eigenvalue weighted by Crippen LogP contribution is 2.26. The average molecular weight is 283 g/mol. The van der Waals surface area contributed by atoms with Crippen LogP contribution in [0.15, 0.2) is 18.2 Å². The lowest BCUT2D eigenvalue weighted by Gasteiger charge is -2.36. The summed E-state index contributed by atoms with van der Waals surface area (Å²) in [6.07, 6.45) is 1.53. The van der Waals surface area contributed by atoms with Gasteiger partial charge in [0.15, 0.2) is 0 Å². The number of rotatable bonds is 1. The molecule has 1 unspecified atom stereocenters. The van der Waals surface area contributed by atoms with Crippen LogP contribution in [0.3, 0.4) is 0 Å². The molecule has 0 bridgehead atoms. The molecule has 0 saturated carbocycles. The zero-order valence-corrected chi connectivity index (χ0v) is 12.0. The predicted octanol–water partition coefficient (Wildman–Crippen LogP) is 3.03. The molecule has 2 N–H and O–H groups in total. The number of urea groups is 1. The van der Waals surface area contributed by atoms with Gasteiger partial charge < -0.3 is 15.3 Å². The van der Waals surface area contributed by atoms with Gasteiger partial charge in [-0.1, -0.05) is 23.7 Å². The van der Waals surface area contributed by atoms with Gasteiger partial charge in [0, 0.05) is 6.54 Å². The molecule has 4 nitrogen and oxygen atoms in total. The van der Waals surface area contributed by atoms with Crippen LogP contribution in [0.4, 0.5) is 10.5 Å². The van der Waals surface area contributed by atoms with E-state index in [2.05, 4.69) is 5.32 Å². The number of aliphatic hydroxyl groups is 1. The fraction of sp³-hybridized carbons (Fsp3) is 0.500. The highest BCUT2D eigenvalue weighted by Gasteiger charge is 2.31. The molecular weight excluding hydrogens is 264 g/mol. The first-order chi connectivity index (χ1) is 8.89. The van der Waals surface area contributed by atoms with Crippen LogP contribution >= 0.6 is 11.6 Å². The van der Waals surface area contributed by atoms with Crippen molar-refractivity contribution in [1.82, 2.24) is 4.90 Å². The summed E-state index contributed by atoms with van der Waals surface area (Å²) in [6, 6.07) is 5.28. The molecule has 2 rings (SSSR count). The summed E-state index contributed by atoms with van der Waals surface area (Å²) in [5.74, 6) is 0. The van der Waals surface area contributed by atoms with Crippen LogP contribution in [0.1, 0.15) is 25.3 Å². The van der Waals surface area contributed by atoms with Gasteiger partial charge in [-0.15, -0.1) is 0 Å². The van der Waals surface area contributed by atoms with Crippen molar-refractivity contribution in [2.75, 3.05) is 18.4 Å². The van der Waals surface area contributed by atoms with E-state index in [4.69, 9.17) is 11.6 Å². The Morgan fingerprint density at radius 3 is 2.89 bits per heavy atom. The molecule has 1 aliphatic heterocycles. The molecule has 0 aromatic heterocycles. The van der Waals surface area contributed by atoms with Gasteiger partial charge >= 0.3 is 6.03 Å². The highest BCUT2D eigenvalue weighted by molar-refractivity contribution is 6.33. The normalized spacial score (nSPS) is 23.3. The number of benzene rings is 1. The monoisotopic (exact) mass is 282 g/mol. The Morgan fingerprint density at radius 2 is 2.26 bits per heavy atom. The maximum Gasteiger partial charge on any atom is 0.321 e. The molecule has 1 aliphatic rings. The van der Waals surface area contributed by atoms with E-state index in [9.17, 15) is 9.90 Å². The average Bonchev–Trinajstić information content (AvgIpc) is 2.32. The van der Waals surface area contributed by atoms with Gasteiger partial charge in [0.25, 0.3) is 0 Å². The lowest BCUT2D eigenvalue weighted by atomic mass is 9.95. The Kier molecular flexibility index (Phi) is 4.02. The summed E-state index contributed by atoms with van der Waals surface area (Å²) < 4.78 is 0. The number of β-amino-alcohol motifs (C(OH)–C–C–N with tert-alkyl or cyclic N) is 1. The van der Waals surface area contributed by atoms with E-state index >= 15 is 0 Å². The van der Waals surface area contributed by atoms with Crippen LogP contribution in [-0.2, 0) is 0 Å². The van der Waals surface area contributed by atoms with Crippen molar-refractivity contribution in [3.63, 3.8) is 0 Å². The third-order valence-electron chi connectivity index (χ3n) is 3.42. The molecule has 0 radical (unpaired) electrons. The van der Waals surface area contributed by atoms with Crippen molar-refractivity contribution in [3.05, 3.63) is 28.8 Å². The maximum absolute atomic E-state index is 12.2. The largest absolute Gasteiger partial charge is 0.388 e. The summed E-state index contributed by atoms with van der Waals surface area (Å²) in [7, 11) is 0. The number of carbonyl (C=O) groups is 1.